The number of halogens is 1. The molecule has 1 N–H and O–H groups in total. The van der Waals surface area contributed by atoms with Crippen LogP contribution in [0.3, 0.4) is 0 Å². The van der Waals surface area contributed by atoms with E-state index >= 15 is 0 Å². The zero-order valence-electron chi connectivity index (χ0n) is 7.41. The Morgan fingerprint density at radius 2 is 2.46 bits per heavy atom. The minimum atomic E-state index is -0.267. The molecule has 0 saturated carbocycles. The maximum atomic E-state index is 12.3. The van der Waals surface area contributed by atoms with Crippen LogP contribution < -0.4 is 5.32 Å². The highest BCUT2D eigenvalue weighted by atomic mass is 19.1. The number of nitrogens with one attached hydrogen (secondary N) is 1. The van der Waals surface area contributed by atoms with E-state index in [1.54, 1.807) is 6.20 Å². The summed E-state index contributed by atoms with van der Waals surface area (Å²) in [5.74, 6) is 0. The van der Waals surface area contributed by atoms with E-state index in [-0.39, 0.29) is 12.7 Å². The molecule has 1 aliphatic rings. The fraction of sp³-hybridized carbons (Fsp3) is 0.500. The molecule has 13 heavy (non-hydrogen) atoms. The summed E-state index contributed by atoms with van der Waals surface area (Å²) in [4.78, 5) is 4.05. The van der Waals surface area contributed by atoms with Gasteiger partial charge in [0, 0.05) is 24.5 Å². The second-order valence-corrected chi connectivity index (χ2v) is 3.43. The predicted molar refractivity (Wildman–Crippen MR) is 49.1 cm³/mol. The van der Waals surface area contributed by atoms with Gasteiger partial charge in [-0.25, -0.2) is 4.39 Å². The first-order valence-electron chi connectivity index (χ1n) is 4.62. The van der Waals surface area contributed by atoms with Gasteiger partial charge in [0.1, 0.15) is 6.67 Å². The predicted octanol–water partition coefficient (Wildman–Crippen LogP) is 1.84. The summed E-state index contributed by atoms with van der Waals surface area (Å²) in [5, 5.41) is 3.24. The zero-order valence-corrected chi connectivity index (χ0v) is 7.41. The van der Waals surface area contributed by atoms with Crippen molar-refractivity contribution in [3.63, 3.8) is 0 Å². The van der Waals surface area contributed by atoms with Crippen molar-refractivity contribution in [2.24, 2.45) is 0 Å². The molecule has 0 radical (unpaired) electrons. The van der Waals surface area contributed by atoms with Gasteiger partial charge in [-0.15, -0.1) is 0 Å². The molecule has 2 nitrogen and oxygen atoms in total. The first-order valence-corrected chi connectivity index (χ1v) is 4.62. The van der Waals surface area contributed by atoms with Crippen LogP contribution in [0.15, 0.2) is 24.5 Å². The van der Waals surface area contributed by atoms with Gasteiger partial charge in [-0.2, -0.15) is 0 Å². The van der Waals surface area contributed by atoms with Crippen molar-refractivity contribution in [3.05, 3.63) is 30.1 Å². The van der Waals surface area contributed by atoms with Crippen molar-refractivity contribution >= 4 is 0 Å². The number of alkyl halides is 1. The van der Waals surface area contributed by atoms with Crippen LogP contribution in [0.4, 0.5) is 4.39 Å². The van der Waals surface area contributed by atoms with Crippen LogP contribution >= 0.6 is 0 Å². The molecule has 2 rings (SSSR count). The van der Waals surface area contributed by atoms with Crippen LogP contribution in [0.25, 0.3) is 0 Å². The van der Waals surface area contributed by atoms with Gasteiger partial charge in [0.25, 0.3) is 0 Å². The summed E-state index contributed by atoms with van der Waals surface area (Å²) in [7, 11) is 0. The van der Waals surface area contributed by atoms with Gasteiger partial charge in [-0.05, 0) is 24.5 Å². The lowest BCUT2D eigenvalue weighted by Gasteiger charge is -2.11. The smallest absolute Gasteiger partial charge is 0.105 e. The maximum absolute atomic E-state index is 12.3. The van der Waals surface area contributed by atoms with E-state index in [9.17, 15) is 4.39 Å². The fourth-order valence-corrected chi connectivity index (χ4v) is 1.79. The standard InChI is InChI=1S/C10H13FN2/c11-6-9-3-4-10(13-9)8-2-1-5-12-7-8/h1-2,5,7,9-10,13H,3-4,6H2. The van der Waals surface area contributed by atoms with Crippen molar-refractivity contribution in [3.8, 4) is 0 Å². The van der Waals surface area contributed by atoms with Gasteiger partial charge in [0.15, 0.2) is 0 Å². The normalized spacial score (nSPS) is 27.8. The molecule has 0 aliphatic carbocycles. The molecule has 2 atom stereocenters. The second-order valence-electron chi connectivity index (χ2n) is 3.43. The molecule has 0 amide bonds. The molecule has 1 fully saturated rings. The first-order chi connectivity index (χ1) is 6.40. The van der Waals surface area contributed by atoms with Crippen molar-refractivity contribution in [1.29, 1.82) is 0 Å². The van der Waals surface area contributed by atoms with E-state index in [4.69, 9.17) is 0 Å². The van der Waals surface area contributed by atoms with E-state index in [0.717, 1.165) is 12.8 Å². The topological polar surface area (TPSA) is 24.9 Å². The Morgan fingerprint density at radius 3 is 3.08 bits per heavy atom. The average molecular weight is 180 g/mol. The van der Waals surface area contributed by atoms with Gasteiger partial charge in [0.2, 0.25) is 0 Å². The molecular weight excluding hydrogens is 167 g/mol. The van der Waals surface area contributed by atoms with Gasteiger partial charge in [0.05, 0.1) is 0 Å². The minimum absolute atomic E-state index is 0.0465. The van der Waals surface area contributed by atoms with Gasteiger partial charge in [-0.1, -0.05) is 6.07 Å². The molecule has 0 aromatic carbocycles. The summed E-state index contributed by atoms with van der Waals surface area (Å²) in [6, 6.07) is 4.30. The molecule has 3 heteroatoms. The summed E-state index contributed by atoms with van der Waals surface area (Å²) >= 11 is 0. The Hall–Kier alpha value is -0.960. The fourth-order valence-electron chi connectivity index (χ4n) is 1.79. The molecular formula is C10H13FN2. The first kappa shape index (κ1) is 8.63. The van der Waals surface area contributed by atoms with Crippen LogP contribution in [0.2, 0.25) is 0 Å². The van der Waals surface area contributed by atoms with Gasteiger partial charge >= 0.3 is 0 Å². The number of pyridine rings is 1. The number of rotatable bonds is 2. The SMILES string of the molecule is FCC1CCC(c2cccnc2)N1. The Morgan fingerprint density at radius 1 is 1.54 bits per heavy atom. The molecule has 2 heterocycles. The number of hydrogen-bond donors (Lipinski definition) is 1. The van der Waals surface area contributed by atoms with Gasteiger partial charge < -0.3 is 5.32 Å². The third kappa shape index (κ3) is 1.86. The molecule has 2 unspecified atom stereocenters. The molecule has 1 aromatic heterocycles. The van der Waals surface area contributed by atoms with E-state index in [1.807, 2.05) is 18.3 Å². The van der Waals surface area contributed by atoms with Gasteiger partial charge in [-0.3, -0.25) is 4.98 Å². The summed E-state index contributed by atoms with van der Waals surface area (Å²) in [5.41, 5.74) is 1.17. The highest BCUT2D eigenvalue weighted by Gasteiger charge is 2.24. The van der Waals surface area contributed by atoms with Crippen LogP contribution in [0.5, 0.6) is 0 Å². The third-order valence-electron chi connectivity index (χ3n) is 2.51. The zero-order chi connectivity index (χ0) is 9.10. The molecule has 0 spiro atoms. The van der Waals surface area contributed by atoms with E-state index in [0.29, 0.717) is 6.04 Å². The molecule has 70 valence electrons. The highest BCUT2D eigenvalue weighted by Crippen LogP contribution is 2.25. The van der Waals surface area contributed by atoms with Crippen LogP contribution in [0.1, 0.15) is 24.4 Å². The number of hydrogen-bond acceptors (Lipinski definition) is 2. The van der Waals surface area contributed by atoms with E-state index in [2.05, 4.69) is 10.3 Å². The van der Waals surface area contributed by atoms with Crippen molar-refractivity contribution < 1.29 is 4.39 Å². The lowest BCUT2D eigenvalue weighted by molar-refractivity contribution is 0.395. The Bertz CT molecular complexity index is 263. The summed E-state index contributed by atoms with van der Waals surface area (Å²) in [6.45, 7) is -0.267. The lowest BCUT2D eigenvalue weighted by Crippen LogP contribution is -2.25. The Balaban J connectivity index is 2.04. The van der Waals surface area contributed by atoms with Crippen molar-refractivity contribution in [2.45, 2.75) is 24.9 Å². The maximum Gasteiger partial charge on any atom is 0.105 e. The Kier molecular flexibility index (Phi) is 2.54. The summed E-state index contributed by atoms with van der Waals surface area (Å²) in [6.07, 6.45) is 5.54. The number of aromatic nitrogens is 1. The minimum Gasteiger partial charge on any atom is -0.305 e. The highest BCUT2D eigenvalue weighted by molar-refractivity contribution is 5.15. The molecule has 1 aliphatic heterocycles. The average Bonchev–Trinajstić information content (AvgIpc) is 2.67. The Labute approximate surface area is 77.2 Å². The van der Waals surface area contributed by atoms with Crippen LogP contribution in [-0.2, 0) is 0 Å². The van der Waals surface area contributed by atoms with Crippen molar-refractivity contribution in [1.82, 2.24) is 10.3 Å². The molecule has 1 saturated heterocycles. The third-order valence-corrected chi connectivity index (χ3v) is 2.51. The quantitative estimate of drug-likeness (QED) is 0.751. The number of nitrogens with zero attached hydrogens (tertiary/aromatic N) is 1. The summed E-state index contributed by atoms with van der Waals surface area (Å²) < 4.78 is 12.3. The monoisotopic (exact) mass is 180 g/mol. The van der Waals surface area contributed by atoms with E-state index in [1.165, 1.54) is 5.56 Å². The second kappa shape index (κ2) is 3.83. The van der Waals surface area contributed by atoms with Crippen LogP contribution in [-0.4, -0.2) is 17.7 Å². The largest absolute Gasteiger partial charge is 0.305 e. The molecule has 0 bridgehead atoms. The lowest BCUT2D eigenvalue weighted by atomic mass is 10.1. The van der Waals surface area contributed by atoms with Crippen LogP contribution in [0, 0.1) is 0 Å². The molecule has 1 aromatic rings. The van der Waals surface area contributed by atoms with Crippen molar-refractivity contribution in [2.75, 3.05) is 6.67 Å². The van der Waals surface area contributed by atoms with E-state index < -0.39 is 0 Å².